The number of Topliss-reactive ketones (excluding diaryl/α,β-unsaturated/α-hetero) is 3. The van der Waals surface area contributed by atoms with E-state index in [4.69, 9.17) is 9.47 Å². The Balaban J connectivity index is 2.21. The van der Waals surface area contributed by atoms with Crippen LogP contribution in [-0.4, -0.2) is 58.8 Å². The van der Waals surface area contributed by atoms with Crippen LogP contribution >= 0.6 is 0 Å². The number of ether oxygens (including phenoxy) is 2. The van der Waals surface area contributed by atoms with Crippen LogP contribution in [0.2, 0.25) is 0 Å². The largest absolute Gasteiger partial charge is 0.504 e. The number of carbonyl (C=O) groups is 5. The molecule has 0 amide bonds. The third-order valence-electron chi connectivity index (χ3n) is 9.89. The second-order valence-electron chi connectivity index (χ2n) is 11.4. The zero-order valence-electron chi connectivity index (χ0n) is 21.1. The van der Waals surface area contributed by atoms with E-state index in [0.717, 1.165) is 7.11 Å². The number of aliphatic hydroxyl groups is 2. The van der Waals surface area contributed by atoms with Crippen molar-refractivity contribution in [2.75, 3.05) is 7.11 Å². The van der Waals surface area contributed by atoms with Crippen LogP contribution in [0.4, 0.5) is 0 Å². The maximum atomic E-state index is 14.2. The van der Waals surface area contributed by atoms with E-state index in [2.05, 4.69) is 6.58 Å². The number of hydrogen-bond acceptors (Lipinski definition) is 9. The van der Waals surface area contributed by atoms with Gasteiger partial charge in [-0.15, -0.1) is 0 Å². The third-order valence-corrected chi connectivity index (χ3v) is 9.89. The number of ketones is 3. The molecule has 0 radical (unpaired) electrons. The summed E-state index contributed by atoms with van der Waals surface area (Å²) in [4.78, 5) is 68.3. The van der Waals surface area contributed by atoms with Crippen molar-refractivity contribution in [3.05, 3.63) is 23.5 Å². The second-order valence-corrected chi connectivity index (χ2v) is 11.4. The molecule has 7 unspecified atom stereocenters. The highest BCUT2D eigenvalue weighted by molar-refractivity contribution is 6.20. The van der Waals surface area contributed by atoms with Crippen LogP contribution in [0, 0.1) is 33.0 Å². The van der Waals surface area contributed by atoms with E-state index in [0.29, 0.717) is 0 Å². The van der Waals surface area contributed by atoms with Gasteiger partial charge in [0.05, 0.1) is 18.6 Å². The van der Waals surface area contributed by atoms with Crippen LogP contribution in [0.1, 0.15) is 54.4 Å². The Morgan fingerprint density at radius 3 is 2.20 bits per heavy atom. The molecule has 1 aliphatic heterocycles. The molecule has 35 heavy (non-hydrogen) atoms. The van der Waals surface area contributed by atoms with Gasteiger partial charge in [-0.1, -0.05) is 26.0 Å². The summed E-state index contributed by atoms with van der Waals surface area (Å²) >= 11 is 0. The summed E-state index contributed by atoms with van der Waals surface area (Å²) in [6, 6.07) is 0. The van der Waals surface area contributed by atoms with Gasteiger partial charge >= 0.3 is 11.9 Å². The Morgan fingerprint density at radius 1 is 1.09 bits per heavy atom. The van der Waals surface area contributed by atoms with Crippen LogP contribution < -0.4 is 0 Å². The van der Waals surface area contributed by atoms with Gasteiger partial charge in [0.25, 0.3) is 0 Å². The molecular weight excluding hydrogens is 456 g/mol. The number of hydrogen-bond donors (Lipinski definition) is 2. The molecule has 3 fully saturated rings. The van der Waals surface area contributed by atoms with Crippen molar-refractivity contribution < 1.29 is 43.7 Å². The van der Waals surface area contributed by atoms with Crippen molar-refractivity contribution in [3.8, 4) is 0 Å². The molecule has 190 valence electrons. The molecule has 9 nitrogen and oxygen atoms in total. The minimum absolute atomic E-state index is 0.0388. The van der Waals surface area contributed by atoms with Crippen molar-refractivity contribution in [3.63, 3.8) is 0 Å². The van der Waals surface area contributed by atoms with Gasteiger partial charge in [-0.25, -0.2) is 0 Å². The van der Waals surface area contributed by atoms with Gasteiger partial charge in [0.15, 0.2) is 23.1 Å². The molecule has 0 bridgehead atoms. The molecule has 0 aromatic heterocycles. The van der Waals surface area contributed by atoms with Gasteiger partial charge < -0.3 is 19.7 Å². The highest BCUT2D eigenvalue weighted by atomic mass is 16.6. The van der Waals surface area contributed by atoms with Gasteiger partial charge in [0.2, 0.25) is 5.78 Å². The fourth-order valence-corrected chi connectivity index (χ4v) is 7.89. The first kappa shape index (κ1) is 25.3. The van der Waals surface area contributed by atoms with Crippen molar-refractivity contribution in [2.45, 2.75) is 66.6 Å². The Bertz CT molecular complexity index is 1160. The number of methoxy groups -OCH3 is 1. The summed E-state index contributed by atoms with van der Waals surface area (Å²) in [6.45, 7) is 12.9. The smallest absolute Gasteiger partial charge is 0.322 e. The lowest BCUT2D eigenvalue weighted by atomic mass is 9.32. The number of carbonyl (C=O) groups excluding carboxylic acids is 5. The fourth-order valence-electron chi connectivity index (χ4n) is 7.89. The highest BCUT2D eigenvalue weighted by Crippen LogP contribution is 2.74. The zero-order valence-corrected chi connectivity index (χ0v) is 21.1. The second kappa shape index (κ2) is 6.90. The molecule has 3 aliphatic carbocycles. The van der Waals surface area contributed by atoms with Gasteiger partial charge in [-0.05, 0) is 45.6 Å². The molecule has 0 spiro atoms. The molecule has 9 heteroatoms. The van der Waals surface area contributed by atoms with E-state index in [1.807, 2.05) is 0 Å². The molecule has 1 saturated heterocycles. The van der Waals surface area contributed by atoms with E-state index in [1.165, 1.54) is 20.8 Å². The number of aliphatic hydroxyl groups excluding tert-OH is 2. The molecule has 0 aromatic carbocycles. The van der Waals surface area contributed by atoms with E-state index < -0.39 is 74.5 Å². The average molecular weight is 489 g/mol. The maximum Gasteiger partial charge on any atom is 0.322 e. The number of rotatable bonds is 1. The van der Waals surface area contributed by atoms with Gasteiger partial charge in [-0.3, -0.25) is 24.0 Å². The van der Waals surface area contributed by atoms with Crippen LogP contribution in [0.25, 0.3) is 0 Å². The van der Waals surface area contributed by atoms with Crippen molar-refractivity contribution in [1.29, 1.82) is 0 Å². The molecule has 7 atom stereocenters. The summed E-state index contributed by atoms with van der Waals surface area (Å²) in [7, 11) is 1.05. The lowest BCUT2D eigenvalue weighted by Gasteiger charge is -2.68. The van der Waals surface area contributed by atoms with Crippen molar-refractivity contribution in [1.82, 2.24) is 0 Å². The number of cyclic esters (lactones) is 1. The summed E-state index contributed by atoms with van der Waals surface area (Å²) in [5, 5.41) is 22.7. The first-order valence-corrected chi connectivity index (χ1v) is 11.7. The summed E-state index contributed by atoms with van der Waals surface area (Å²) < 4.78 is 10.4. The first-order valence-electron chi connectivity index (χ1n) is 11.7. The topological polar surface area (TPSA) is 144 Å². The monoisotopic (exact) mass is 488 g/mol. The van der Waals surface area contributed by atoms with Crippen molar-refractivity contribution >= 4 is 29.3 Å². The van der Waals surface area contributed by atoms with Crippen molar-refractivity contribution in [2.24, 2.45) is 33.0 Å². The lowest BCUT2D eigenvalue weighted by molar-refractivity contribution is -0.228. The Labute approximate surface area is 203 Å². The predicted octanol–water partition coefficient (Wildman–Crippen LogP) is 2.01. The van der Waals surface area contributed by atoms with Crippen LogP contribution in [0.5, 0.6) is 0 Å². The fraction of sp³-hybridized carbons (Fsp3) is 0.654. The summed E-state index contributed by atoms with van der Waals surface area (Å²) in [5.74, 6) is -5.91. The van der Waals surface area contributed by atoms with Crippen LogP contribution in [0.3, 0.4) is 0 Å². The quantitative estimate of drug-likeness (QED) is 0.322. The molecule has 4 rings (SSSR count). The van der Waals surface area contributed by atoms with Gasteiger partial charge in [0.1, 0.15) is 11.2 Å². The summed E-state index contributed by atoms with van der Waals surface area (Å²) in [5.41, 5.74) is -8.87. The Kier molecular flexibility index (Phi) is 4.98. The minimum atomic E-state index is -2.42. The predicted molar refractivity (Wildman–Crippen MR) is 121 cm³/mol. The number of fused-ring (bicyclic) bond motifs is 5. The van der Waals surface area contributed by atoms with Crippen LogP contribution in [0.15, 0.2) is 23.5 Å². The number of allylic oxidation sites excluding steroid dienone is 1. The summed E-state index contributed by atoms with van der Waals surface area (Å²) in [6.07, 6.45) is -2.99. The molecule has 1 heterocycles. The van der Waals surface area contributed by atoms with Gasteiger partial charge in [0, 0.05) is 17.3 Å². The van der Waals surface area contributed by atoms with Gasteiger partial charge in [-0.2, -0.15) is 0 Å². The SMILES string of the molecule is C=C1CC2C3(C)C(=C(O)C(=O)C2(C)C2(C(=O)OC)C(=O)C(C)OC(=O)C12C)C(C)(C)C(=O)CC3O. The van der Waals surface area contributed by atoms with E-state index in [-0.39, 0.29) is 29.8 Å². The molecule has 0 aromatic rings. The Morgan fingerprint density at radius 2 is 1.66 bits per heavy atom. The van der Waals surface area contributed by atoms with E-state index in [1.54, 1.807) is 20.8 Å². The minimum Gasteiger partial charge on any atom is -0.504 e. The zero-order chi connectivity index (χ0) is 26.7. The Hall–Kier alpha value is -2.81. The van der Waals surface area contributed by atoms with E-state index >= 15 is 0 Å². The molecule has 4 aliphatic rings. The number of esters is 2. The normalized spacial score (nSPS) is 44.8. The van der Waals surface area contributed by atoms with E-state index in [9.17, 15) is 34.2 Å². The third kappa shape index (κ3) is 2.31. The highest BCUT2D eigenvalue weighted by Gasteiger charge is 2.85. The lowest BCUT2D eigenvalue weighted by Crippen LogP contribution is -2.78. The standard InChI is InChI=1S/C26H32O9/c1-11-9-13-23(5)15(28)10-14(27)22(3,4)17(23)16(29)19(31)25(13,7)26(21(33)34-8)18(30)12(2)35-20(32)24(11,26)6/h12-13,15,28-29H,1,9-10H2,2-8H3. The molecule has 2 saturated carbocycles. The molecule has 2 N–H and O–H groups in total. The maximum absolute atomic E-state index is 14.2. The average Bonchev–Trinajstić information content (AvgIpc) is 2.77. The molecular formula is C26H32O9. The first-order chi connectivity index (χ1) is 15.9. The van der Waals surface area contributed by atoms with Crippen LogP contribution in [-0.2, 0) is 33.4 Å².